The predicted molar refractivity (Wildman–Crippen MR) is 134 cm³/mol. The fourth-order valence-electron chi connectivity index (χ4n) is 4.15. The van der Waals surface area contributed by atoms with Crippen molar-refractivity contribution in [1.29, 1.82) is 0 Å². The van der Waals surface area contributed by atoms with Crippen molar-refractivity contribution in [2.45, 2.75) is 52.9 Å². The largest absolute Gasteiger partial charge is 0.320 e. The Balaban J connectivity index is 1.75. The maximum atomic E-state index is 13.0. The van der Waals surface area contributed by atoms with Crippen LogP contribution in [0.4, 0.5) is 5.69 Å². The number of hydrogen-bond acceptors (Lipinski definition) is 4. The zero-order valence-electron chi connectivity index (χ0n) is 20.7. The van der Waals surface area contributed by atoms with Crippen LogP contribution in [-0.2, 0) is 21.9 Å². The SMILES string of the molecule is Cc1c(C)c(C)c(S(=O)(=O)NCCC(=O)Nc2c(C)n(C)n(-c3ccccc3)c2=O)c(C)c1C. The molecule has 0 spiro atoms. The lowest BCUT2D eigenvalue weighted by Gasteiger charge is -2.19. The summed E-state index contributed by atoms with van der Waals surface area (Å²) in [7, 11) is -2.07. The molecule has 0 atom stereocenters. The maximum Gasteiger partial charge on any atom is 0.295 e. The van der Waals surface area contributed by atoms with Gasteiger partial charge in [0, 0.05) is 20.0 Å². The Morgan fingerprint density at radius 3 is 1.97 bits per heavy atom. The second-order valence-electron chi connectivity index (χ2n) is 8.59. The third-order valence-electron chi connectivity index (χ3n) is 6.66. The first-order valence-corrected chi connectivity index (χ1v) is 12.6. The number of sulfonamides is 1. The van der Waals surface area contributed by atoms with Crippen LogP contribution in [0.15, 0.2) is 40.0 Å². The number of nitrogens with zero attached hydrogens (tertiary/aromatic N) is 2. The van der Waals surface area contributed by atoms with Crippen LogP contribution in [0.5, 0.6) is 0 Å². The van der Waals surface area contributed by atoms with Crippen LogP contribution in [0.25, 0.3) is 5.69 Å². The number of hydrogen-bond donors (Lipinski definition) is 2. The summed E-state index contributed by atoms with van der Waals surface area (Å²) in [6, 6.07) is 9.12. The van der Waals surface area contributed by atoms with Crippen LogP contribution in [0.2, 0.25) is 0 Å². The summed E-state index contributed by atoms with van der Waals surface area (Å²) in [4.78, 5) is 25.8. The Hall–Kier alpha value is -3.17. The van der Waals surface area contributed by atoms with Gasteiger partial charge in [0.15, 0.2) is 0 Å². The molecule has 1 heterocycles. The van der Waals surface area contributed by atoms with E-state index in [1.807, 2.05) is 39.0 Å². The Kier molecular flexibility index (Phi) is 7.18. The summed E-state index contributed by atoms with van der Waals surface area (Å²) in [6.45, 7) is 11.1. The van der Waals surface area contributed by atoms with Crippen molar-refractivity contribution in [2.24, 2.45) is 7.05 Å². The lowest BCUT2D eigenvalue weighted by Crippen LogP contribution is -2.30. The van der Waals surface area contributed by atoms with Gasteiger partial charge in [0.05, 0.1) is 16.3 Å². The third-order valence-corrected chi connectivity index (χ3v) is 8.40. The molecule has 0 unspecified atom stereocenters. The number of aromatic nitrogens is 2. The van der Waals surface area contributed by atoms with Gasteiger partial charge in [-0.3, -0.25) is 14.3 Å². The smallest absolute Gasteiger partial charge is 0.295 e. The van der Waals surface area contributed by atoms with Crippen molar-refractivity contribution in [1.82, 2.24) is 14.1 Å². The van der Waals surface area contributed by atoms with Gasteiger partial charge in [-0.25, -0.2) is 17.8 Å². The molecule has 0 saturated carbocycles. The lowest BCUT2D eigenvalue weighted by molar-refractivity contribution is -0.116. The normalized spacial score (nSPS) is 11.6. The van der Waals surface area contributed by atoms with Gasteiger partial charge >= 0.3 is 0 Å². The molecule has 34 heavy (non-hydrogen) atoms. The van der Waals surface area contributed by atoms with E-state index < -0.39 is 15.9 Å². The average Bonchev–Trinajstić information content (AvgIpc) is 2.99. The Labute approximate surface area is 200 Å². The summed E-state index contributed by atoms with van der Waals surface area (Å²) < 4.78 is 31.8. The van der Waals surface area contributed by atoms with E-state index in [4.69, 9.17) is 0 Å². The molecule has 1 amide bonds. The van der Waals surface area contributed by atoms with Crippen LogP contribution in [0.3, 0.4) is 0 Å². The molecular formula is C25H32N4O4S. The van der Waals surface area contributed by atoms with Crippen molar-refractivity contribution < 1.29 is 13.2 Å². The van der Waals surface area contributed by atoms with Gasteiger partial charge in [0.2, 0.25) is 15.9 Å². The van der Waals surface area contributed by atoms with E-state index in [9.17, 15) is 18.0 Å². The molecule has 0 bridgehead atoms. The van der Waals surface area contributed by atoms with Gasteiger partial charge in [-0.1, -0.05) is 18.2 Å². The average molecular weight is 485 g/mol. The predicted octanol–water partition coefficient (Wildman–Crippen LogP) is 3.33. The van der Waals surface area contributed by atoms with Crippen molar-refractivity contribution >= 4 is 21.6 Å². The van der Waals surface area contributed by atoms with E-state index in [2.05, 4.69) is 10.0 Å². The minimum Gasteiger partial charge on any atom is -0.320 e. The zero-order chi connectivity index (χ0) is 25.4. The fraction of sp³-hybridized carbons (Fsp3) is 0.360. The Morgan fingerprint density at radius 1 is 0.882 bits per heavy atom. The molecule has 3 aromatic rings. The van der Waals surface area contributed by atoms with E-state index in [-0.39, 0.29) is 29.1 Å². The molecule has 0 aliphatic heterocycles. The molecular weight excluding hydrogens is 452 g/mol. The molecule has 8 nitrogen and oxygen atoms in total. The maximum absolute atomic E-state index is 13.0. The van der Waals surface area contributed by atoms with Crippen molar-refractivity contribution in [3.05, 3.63) is 74.2 Å². The molecule has 0 radical (unpaired) electrons. The van der Waals surface area contributed by atoms with Crippen molar-refractivity contribution in [3.8, 4) is 5.69 Å². The molecule has 9 heteroatoms. The molecule has 182 valence electrons. The Bertz CT molecular complexity index is 1390. The minimum absolute atomic E-state index is 0.0855. The van der Waals surface area contributed by atoms with Gasteiger partial charge in [0.25, 0.3) is 5.56 Å². The topological polar surface area (TPSA) is 102 Å². The van der Waals surface area contributed by atoms with E-state index in [0.29, 0.717) is 22.5 Å². The highest BCUT2D eigenvalue weighted by molar-refractivity contribution is 7.89. The molecule has 2 aromatic carbocycles. The number of amides is 1. The van der Waals surface area contributed by atoms with Gasteiger partial charge in [-0.05, 0) is 81.5 Å². The quantitative estimate of drug-likeness (QED) is 0.537. The summed E-state index contributed by atoms with van der Waals surface area (Å²) in [5.74, 6) is -0.446. The van der Waals surface area contributed by atoms with Gasteiger partial charge in [-0.2, -0.15) is 0 Å². The lowest BCUT2D eigenvalue weighted by atomic mass is 9.95. The second kappa shape index (κ2) is 9.60. The third kappa shape index (κ3) is 4.58. The van der Waals surface area contributed by atoms with Gasteiger partial charge in [0.1, 0.15) is 5.69 Å². The molecule has 3 rings (SSSR count). The van der Waals surface area contributed by atoms with E-state index >= 15 is 0 Å². The summed E-state index contributed by atoms with van der Waals surface area (Å²) in [5, 5.41) is 2.66. The molecule has 0 aliphatic carbocycles. The van der Waals surface area contributed by atoms with E-state index in [1.54, 1.807) is 44.6 Å². The first-order chi connectivity index (χ1) is 15.9. The number of carbonyl (C=O) groups is 1. The molecule has 2 N–H and O–H groups in total. The molecule has 0 fully saturated rings. The van der Waals surface area contributed by atoms with Crippen LogP contribution < -0.4 is 15.6 Å². The number of rotatable bonds is 7. The van der Waals surface area contributed by atoms with Gasteiger partial charge in [-0.15, -0.1) is 0 Å². The monoisotopic (exact) mass is 484 g/mol. The fourth-order valence-corrected chi connectivity index (χ4v) is 5.78. The first kappa shape index (κ1) is 25.5. The highest BCUT2D eigenvalue weighted by atomic mass is 32.2. The number of benzene rings is 2. The standard InChI is InChI=1S/C25H32N4O4S/c1-15-16(2)18(4)24(19(5)17(15)3)34(32,33)26-14-13-22(30)27-23-20(6)28(7)29(25(23)31)21-11-9-8-10-12-21/h8-12,26H,13-14H2,1-7H3,(H,27,30). The van der Waals surface area contributed by atoms with E-state index in [1.165, 1.54) is 4.68 Å². The van der Waals surface area contributed by atoms with Crippen molar-refractivity contribution in [2.75, 3.05) is 11.9 Å². The van der Waals surface area contributed by atoms with Crippen LogP contribution in [0.1, 0.15) is 39.9 Å². The second-order valence-corrected chi connectivity index (χ2v) is 10.3. The number of para-hydroxylation sites is 1. The van der Waals surface area contributed by atoms with E-state index in [0.717, 1.165) is 16.7 Å². The number of carbonyl (C=O) groups excluding carboxylic acids is 1. The number of anilines is 1. The van der Waals surface area contributed by atoms with Crippen LogP contribution >= 0.6 is 0 Å². The molecule has 0 saturated heterocycles. The van der Waals surface area contributed by atoms with Crippen molar-refractivity contribution in [3.63, 3.8) is 0 Å². The number of nitrogens with one attached hydrogen (secondary N) is 2. The summed E-state index contributed by atoms with van der Waals surface area (Å²) in [6.07, 6.45) is -0.111. The highest BCUT2D eigenvalue weighted by Gasteiger charge is 2.24. The summed E-state index contributed by atoms with van der Waals surface area (Å²) in [5.41, 5.74) is 5.48. The molecule has 0 aliphatic rings. The van der Waals surface area contributed by atoms with Crippen LogP contribution in [0, 0.1) is 41.5 Å². The first-order valence-electron chi connectivity index (χ1n) is 11.1. The summed E-state index contributed by atoms with van der Waals surface area (Å²) >= 11 is 0. The zero-order valence-corrected chi connectivity index (χ0v) is 21.6. The van der Waals surface area contributed by atoms with Crippen LogP contribution in [-0.4, -0.2) is 30.2 Å². The van der Waals surface area contributed by atoms with Gasteiger partial charge < -0.3 is 5.32 Å². The molecule has 1 aromatic heterocycles. The minimum atomic E-state index is -3.81. The highest BCUT2D eigenvalue weighted by Crippen LogP contribution is 2.29. The Morgan fingerprint density at radius 2 is 1.41 bits per heavy atom.